The summed E-state index contributed by atoms with van der Waals surface area (Å²) >= 11 is 0. The fraction of sp³-hybridized carbons (Fsp3) is 0.562. The largest absolute Gasteiger partial charge is 0.493 e. The average Bonchev–Trinajstić information content (AvgIpc) is 2.52. The van der Waals surface area contributed by atoms with Crippen molar-refractivity contribution < 1.29 is 17.9 Å². The fourth-order valence-electron chi connectivity index (χ4n) is 2.40. The Morgan fingerprint density at radius 1 is 1.27 bits per heavy atom. The second kappa shape index (κ2) is 10.8. The van der Waals surface area contributed by atoms with Gasteiger partial charge in [0.15, 0.2) is 17.5 Å². The van der Waals surface area contributed by atoms with Gasteiger partial charge in [-0.2, -0.15) is 0 Å². The molecule has 0 bridgehead atoms. The molecule has 8 nitrogen and oxygen atoms in total. The van der Waals surface area contributed by atoms with Crippen molar-refractivity contribution in [2.75, 3.05) is 38.4 Å². The van der Waals surface area contributed by atoms with Gasteiger partial charge >= 0.3 is 0 Å². The number of nitrogens with zero attached hydrogens (tertiary/aromatic N) is 1. The molecule has 1 fully saturated rings. The number of sulfonamides is 1. The Labute approximate surface area is 172 Å². The number of methoxy groups -OCH3 is 2. The van der Waals surface area contributed by atoms with Crippen LogP contribution in [-0.4, -0.2) is 47.4 Å². The Morgan fingerprint density at radius 3 is 2.54 bits per heavy atom. The first-order valence-electron chi connectivity index (χ1n) is 8.20. The summed E-state index contributed by atoms with van der Waals surface area (Å²) in [4.78, 5) is 4.06. The van der Waals surface area contributed by atoms with E-state index in [0.717, 1.165) is 12.8 Å². The van der Waals surface area contributed by atoms with E-state index in [-0.39, 0.29) is 42.2 Å². The Bertz CT molecular complexity index is 708. The van der Waals surface area contributed by atoms with E-state index in [0.29, 0.717) is 29.6 Å². The fourth-order valence-corrected chi connectivity index (χ4v) is 3.37. The van der Waals surface area contributed by atoms with Crippen molar-refractivity contribution in [3.63, 3.8) is 0 Å². The summed E-state index contributed by atoms with van der Waals surface area (Å²) in [6, 6.07) is 5.22. The lowest BCUT2D eigenvalue weighted by atomic mass is 9.86. The lowest BCUT2D eigenvalue weighted by Crippen LogP contribution is -2.34. The van der Waals surface area contributed by atoms with Crippen LogP contribution in [0.4, 0.5) is 5.69 Å². The maximum absolute atomic E-state index is 11.9. The molecule has 0 unspecified atom stereocenters. The molecule has 0 aromatic heterocycles. The number of anilines is 1. The van der Waals surface area contributed by atoms with Gasteiger partial charge in [0, 0.05) is 18.3 Å². The van der Waals surface area contributed by atoms with Crippen molar-refractivity contribution in [1.29, 1.82) is 0 Å². The molecule has 1 aliphatic carbocycles. The molecule has 10 heteroatoms. The lowest BCUT2D eigenvalue weighted by Gasteiger charge is -2.25. The second-order valence-electron chi connectivity index (χ2n) is 5.93. The molecule has 1 aromatic rings. The molecule has 1 aliphatic rings. The van der Waals surface area contributed by atoms with Gasteiger partial charge in [-0.25, -0.2) is 13.1 Å². The molecule has 4 N–H and O–H groups in total. The number of hydrogen-bond donors (Lipinski definition) is 3. The molecule has 0 saturated heterocycles. The number of nitrogens with one attached hydrogen (secondary N) is 2. The molecular weight excluding hydrogens is 471 g/mol. The van der Waals surface area contributed by atoms with E-state index in [9.17, 15) is 8.42 Å². The van der Waals surface area contributed by atoms with Gasteiger partial charge < -0.3 is 20.5 Å². The van der Waals surface area contributed by atoms with Gasteiger partial charge in [0.25, 0.3) is 0 Å². The van der Waals surface area contributed by atoms with E-state index >= 15 is 0 Å². The smallest absolute Gasteiger partial charge is 0.213 e. The highest BCUT2D eigenvalue weighted by molar-refractivity contribution is 14.0. The second-order valence-corrected chi connectivity index (χ2v) is 7.85. The van der Waals surface area contributed by atoms with Crippen molar-refractivity contribution in [2.45, 2.75) is 19.3 Å². The third-order valence-corrected chi connectivity index (χ3v) is 5.44. The number of hydrogen-bond acceptors (Lipinski definition) is 5. The monoisotopic (exact) mass is 498 g/mol. The standard InChI is InChI=1S/C16H26N4O4S.HI/c1-23-14-7-6-13(10-15(14)24-2)20-16(17)18-8-9-25(21,22)19-11-12-4-3-5-12;/h6-7,10,12,19H,3-5,8-9,11H2,1-2H3,(H3,17,18,20);1H. The minimum absolute atomic E-state index is 0. The summed E-state index contributed by atoms with van der Waals surface area (Å²) < 4.78 is 36.8. The van der Waals surface area contributed by atoms with Crippen molar-refractivity contribution in [2.24, 2.45) is 16.6 Å². The molecule has 0 radical (unpaired) electrons. The van der Waals surface area contributed by atoms with Crippen molar-refractivity contribution >= 4 is 45.6 Å². The van der Waals surface area contributed by atoms with Crippen LogP contribution in [0.3, 0.4) is 0 Å². The van der Waals surface area contributed by atoms with Crippen LogP contribution in [-0.2, 0) is 10.0 Å². The predicted octanol–water partition coefficient (Wildman–Crippen LogP) is 1.77. The Balaban J connectivity index is 0.00000338. The normalized spacial score (nSPS) is 14.9. The molecule has 1 saturated carbocycles. The first kappa shape index (κ1) is 22.8. The van der Waals surface area contributed by atoms with E-state index in [1.165, 1.54) is 6.42 Å². The Kier molecular flexibility index (Phi) is 9.44. The number of aliphatic imine (C=N–C) groups is 1. The molecule has 2 rings (SSSR count). The molecule has 26 heavy (non-hydrogen) atoms. The first-order valence-corrected chi connectivity index (χ1v) is 9.85. The van der Waals surface area contributed by atoms with Crippen LogP contribution in [0.2, 0.25) is 0 Å². The summed E-state index contributed by atoms with van der Waals surface area (Å²) in [5.41, 5.74) is 6.47. The highest BCUT2D eigenvalue weighted by atomic mass is 127. The maximum atomic E-state index is 11.9. The first-order chi connectivity index (χ1) is 11.9. The average molecular weight is 498 g/mol. The zero-order chi connectivity index (χ0) is 18.3. The van der Waals surface area contributed by atoms with Crippen molar-refractivity contribution in [3.8, 4) is 11.5 Å². The summed E-state index contributed by atoms with van der Waals surface area (Å²) in [5.74, 6) is 1.69. The number of guanidine groups is 1. The van der Waals surface area contributed by atoms with Crippen LogP contribution >= 0.6 is 24.0 Å². The van der Waals surface area contributed by atoms with Crippen LogP contribution in [0.15, 0.2) is 23.2 Å². The van der Waals surface area contributed by atoms with Gasteiger partial charge in [-0.3, -0.25) is 4.99 Å². The van der Waals surface area contributed by atoms with Gasteiger partial charge in [0.1, 0.15) is 0 Å². The summed E-state index contributed by atoms with van der Waals surface area (Å²) in [6.07, 6.45) is 3.39. The van der Waals surface area contributed by atoms with E-state index in [2.05, 4.69) is 15.0 Å². The third-order valence-electron chi connectivity index (χ3n) is 4.11. The van der Waals surface area contributed by atoms with Crippen LogP contribution in [0.5, 0.6) is 11.5 Å². The summed E-state index contributed by atoms with van der Waals surface area (Å²) in [6.45, 7) is 0.609. The zero-order valence-electron chi connectivity index (χ0n) is 15.0. The van der Waals surface area contributed by atoms with E-state index in [4.69, 9.17) is 15.2 Å². The number of rotatable bonds is 9. The third kappa shape index (κ3) is 7.16. The Hall–Kier alpha value is -1.27. The lowest BCUT2D eigenvalue weighted by molar-refractivity contribution is 0.316. The van der Waals surface area contributed by atoms with Crippen molar-refractivity contribution in [1.82, 2.24) is 4.72 Å². The zero-order valence-corrected chi connectivity index (χ0v) is 18.2. The van der Waals surface area contributed by atoms with Crippen LogP contribution in [0.1, 0.15) is 19.3 Å². The molecule has 148 valence electrons. The molecular formula is C16H27IN4O4S. The molecule has 0 heterocycles. The molecule has 0 aliphatic heterocycles. The molecule has 0 atom stereocenters. The Morgan fingerprint density at radius 2 is 1.96 bits per heavy atom. The minimum atomic E-state index is -3.32. The quantitative estimate of drug-likeness (QED) is 0.272. The predicted molar refractivity (Wildman–Crippen MR) is 114 cm³/mol. The topological polar surface area (TPSA) is 115 Å². The number of nitrogens with two attached hydrogens (primary N) is 1. The minimum Gasteiger partial charge on any atom is -0.493 e. The van der Waals surface area contributed by atoms with E-state index in [1.54, 1.807) is 32.4 Å². The van der Waals surface area contributed by atoms with Crippen LogP contribution in [0, 0.1) is 5.92 Å². The maximum Gasteiger partial charge on any atom is 0.213 e. The highest BCUT2D eigenvalue weighted by Crippen LogP contribution is 2.29. The summed E-state index contributed by atoms with van der Waals surface area (Å²) in [5, 5.41) is 2.90. The molecule has 0 amide bonds. The van der Waals surface area contributed by atoms with Gasteiger partial charge in [-0.15, -0.1) is 24.0 Å². The summed E-state index contributed by atoms with van der Waals surface area (Å²) in [7, 11) is -0.220. The number of benzene rings is 1. The van der Waals surface area contributed by atoms with Gasteiger partial charge in [-0.05, 0) is 30.9 Å². The van der Waals surface area contributed by atoms with Crippen LogP contribution in [0.25, 0.3) is 0 Å². The van der Waals surface area contributed by atoms with Gasteiger partial charge in [0.2, 0.25) is 10.0 Å². The van der Waals surface area contributed by atoms with E-state index < -0.39 is 10.0 Å². The molecule has 1 aromatic carbocycles. The van der Waals surface area contributed by atoms with Crippen molar-refractivity contribution in [3.05, 3.63) is 18.2 Å². The number of ether oxygens (including phenoxy) is 2. The van der Waals surface area contributed by atoms with Gasteiger partial charge in [-0.1, -0.05) is 6.42 Å². The highest BCUT2D eigenvalue weighted by Gasteiger charge is 2.19. The van der Waals surface area contributed by atoms with Gasteiger partial charge in [0.05, 0.1) is 26.5 Å². The number of halogens is 1. The van der Waals surface area contributed by atoms with Crippen LogP contribution < -0.4 is 25.2 Å². The molecule has 0 spiro atoms. The van der Waals surface area contributed by atoms with E-state index in [1.807, 2.05) is 0 Å². The SMILES string of the molecule is COc1ccc(NC(N)=NCCS(=O)(=O)NCC2CCC2)cc1OC.I.